The van der Waals surface area contributed by atoms with Gasteiger partial charge in [-0.25, -0.2) is 9.97 Å². The Balaban J connectivity index is 1.35. The minimum Gasteiger partial charge on any atom is -0.481 e. The van der Waals surface area contributed by atoms with Crippen LogP contribution in [-0.2, 0) is 6.54 Å². The van der Waals surface area contributed by atoms with Gasteiger partial charge in [-0.2, -0.15) is 0 Å². The van der Waals surface area contributed by atoms with Crippen LogP contribution in [0.1, 0.15) is 89.9 Å². The standard InChI is InChI=1S/C31H34N4O2/c1-19-14-16-33-30(37-3)28(19)23-12-10-22(11-13-23)26-17-24-7-6-20(2)34-29(24)35(31(26)36)18-27-25(21-8-9-21)5-4-15-32-27/h4-7,14-17,21-23H,8-13,18H2,1-3H3. The zero-order valence-electron chi connectivity index (χ0n) is 21.9. The number of nitrogens with zero attached hydrogens (tertiary/aromatic N) is 4. The van der Waals surface area contributed by atoms with Gasteiger partial charge in [-0.1, -0.05) is 6.07 Å². The van der Waals surface area contributed by atoms with E-state index in [0.717, 1.165) is 59.5 Å². The molecule has 2 aliphatic carbocycles. The molecule has 0 bridgehead atoms. The third-order valence-corrected chi connectivity index (χ3v) is 8.29. The van der Waals surface area contributed by atoms with Gasteiger partial charge in [0.25, 0.3) is 5.56 Å². The molecule has 2 fully saturated rings. The number of fused-ring (bicyclic) bond motifs is 1. The van der Waals surface area contributed by atoms with E-state index < -0.39 is 0 Å². The lowest BCUT2D eigenvalue weighted by molar-refractivity contribution is 0.358. The first-order valence-electron chi connectivity index (χ1n) is 13.5. The van der Waals surface area contributed by atoms with Crippen molar-refractivity contribution in [2.24, 2.45) is 0 Å². The Hall–Kier alpha value is -3.54. The third-order valence-electron chi connectivity index (χ3n) is 8.29. The van der Waals surface area contributed by atoms with Gasteiger partial charge in [0.05, 0.1) is 19.3 Å². The van der Waals surface area contributed by atoms with E-state index in [1.165, 1.54) is 29.5 Å². The Bertz CT molecular complexity index is 1510. The van der Waals surface area contributed by atoms with Crippen molar-refractivity contribution in [3.05, 3.63) is 92.8 Å². The summed E-state index contributed by atoms with van der Waals surface area (Å²) in [6.45, 7) is 4.58. The minimum absolute atomic E-state index is 0.0802. The van der Waals surface area contributed by atoms with Crippen molar-refractivity contribution in [3.63, 3.8) is 0 Å². The van der Waals surface area contributed by atoms with Gasteiger partial charge in [-0.05, 0) is 112 Å². The molecule has 0 amide bonds. The van der Waals surface area contributed by atoms with E-state index in [4.69, 9.17) is 14.7 Å². The van der Waals surface area contributed by atoms with E-state index >= 15 is 0 Å². The second kappa shape index (κ2) is 9.73. The molecule has 6 heteroatoms. The lowest BCUT2D eigenvalue weighted by atomic mass is 9.75. The number of methoxy groups -OCH3 is 1. The number of hydrogen-bond acceptors (Lipinski definition) is 5. The van der Waals surface area contributed by atoms with Crippen molar-refractivity contribution in [1.82, 2.24) is 19.5 Å². The van der Waals surface area contributed by atoms with Crippen molar-refractivity contribution >= 4 is 11.0 Å². The number of aryl methyl sites for hydroxylation is 2. The molecule has 190 valence electrons. The summed E-state index contributed by atoms with van der Waals surface area (Å²) in [7, 11) is 1.69. The molecule has 6 nitrogen and oxygen atoms in total. The highest BCUT2D eigenvalue weighted by Gasteiger charge is 2.30. The van der Waals surface area contributed by atoms with Crippen LogP contribution in [0, 0.1) is 13.8 Å². The summed E-state index contributed by atoms with van der Waals surface area (Å²) < 4.78 is 7.47. The summed E-state index contributed by atoms with van der Waals surface area (Å²) in [4.78, 5) is 28.0. The lowest BCUT2D eigenvalue weighted by Gasteiger charge is -2.30. The molecule has 0 N–H and O–H groups in total. The van der Waals surface area contributed by atoms with Crippen LogP contribution in [0.15, 0.2) is 53.6 Å². The van der Waals surface area contributed by atoms with Crippen LogP contribution in [-0.4, -0.2) is 26.6 Å². The Kier molecular flexibility index (Phi) is 6.27. The average Bonchev–Trinajstić information content (AvgIpc) is 3.76. The number of hydrogen-bond donors (Lipinski definition) is 0. The first-order valence-corrected chi connectivity index (χ1v) is 13.5. The predicted molar refractivity (Wildman–Crippen MR) is 146 cm³/mol. The summed E-state index contributed by atoms with van der Waals surface area (Å²) in [5, 5.41) is 1.02. The molecule has 2 saturated carbocycles. The number of aromatic nitrogens is 4. The van der Waals surface area contributed by atoms with Gasteiger partial charge < -0.3 is 4.74 Å². The molecule has 0 radical (unpaired) electrons. The van der Waals surface area contributed by atoms with Crippen LogP contribution < -0.4 is 10.3 Å². The molecule has 2 aliphatic rings. The van der Waals surface area contributed by atoms with E-state index in [1.54, 1.807) is 7.11 Å². The molecule has 4 aromatic heterocycles. The van der Waals surface area contributed by atoms with Gasteiger partial charge in [-0.3, -0.25) is 14.3 Å². The van der Waals surface area contributed by atoms with Crippen molar-refractivity contribution in [1.29, 1.82) is 0 Å². The first-order chi connectivity index (χ1) is 18.0. The monoisotopic (exact) mass is 494 g/mol. The molecule has 0 spiro atoms. The molecular formula is C31H34N4O2. The molecular weight excluding hydrogens is 460 g/mol. The zero-order chi connectivity index (χ0) is 25.5. The van der Waals surface area contributed by atoms with E-state index in [9.17, 15) is 4.79 Å². The molecule has 4 aromatic rings. The molecule has 6 rings (SSSR count). The van der Waals surface area contributed by atoms with Crippen molar-refractivity contribution in [2.45, 2.75) is 76.7 Å². The molecule has 0 aliphatic heterocycles. The molecule has 0 atom stereocenters. The predicted octanol–water partition coefficient (Wildman–Crippen LogP) is 6.18. The minimum atomic E-state index is 0.0802. The van der Waals surface area contributed by atoms with E-state index in [-0.39, 0.29) is 11.5 Å². The average molecular weight is 495 g/mol. The fraction of sp³-hybridized carbons (Fsp3) is 0.419. The Morgan fingerprint density at radius 1 is 0.892 bits per heavy atom. The lowest BCUT2D eigenvalue weighted by Crippen LogP contribution is -2.29. The highest BCUT2D eigenvalue weighted by atomic mass is 16.5. The Morgan fingerprint density at radius 2 is 1.62 bits per heavy atom. The summed E-state index contributed by atoms with van der Waals surface area (Å²) in [6.07, 6.45) is 10.0. The highest BCUT2D eigenvalue weighted by Crippen LogP contribution is 2.44. The van der Waals surface area contributed by atoms with Gasteiger partial charge in [0.1, 0.15) is 5.65 Å². The maximum atomic E-state index is 14.1. The number of rotatable bonds is 6. The van der Waals surface area contributed by atoms with Gasteiger partial charge in [0.2, 0.25) is 5.88 Å². The van der Waals surface area contributed by atoms with E-state index in [1.807, 2.05) is 36.0 Å². The Morgan fingerprint density at radius 3 is 2.38 bits per heavy atom. The second-order valence-electron chi connectivity index (χ2n) is 10.8. The fourth-order valence-electron chi connectivity index (χ4n) is 6.20. The topological polar surface area (TPSA) is 69.9 Å². The van der Waals surface area contributed by atoms with Crippen LogP contribution in [0.3, 0.4) is 0 Å². The van der Waals surface area contributed by atoms with E-state index in [0.29, 0.717) is 18.4 Å². The summed E-state index contributed by atoms with van der Waals surface area (Å²) in [5.41, 5.74) is 7.39. The maximum absolute atomic E-state index is 14.1. The van der Waals surface area contributed by atoms with Crippen LogP contribution in [0.25, 0.3) is 11.0 Å². The number of pyridine rings is 4. The van der Waals surface area contributed by atoms with Gasteiger partial charge in [0.15, 0.2) is 0 Å². The van der Waals surface area contributed by atoms with Gasteiger partial charge in [-0.15, -0.1) is 0 Å². The smallest absolute Gasteiger partial charge is 0.256 e. The SMILES string of the molecule is COc1nccc(C)c1C1CCC(c2cc3ccc(C)nc3n(Cc3ncccc3C3CC3)c2=O)CC1. The van der Waals surface area contributed by atoms with E-state index in [2.05, 4.69) is 36.2 Å². The van der Waals surface area contributed by atoms with Crippen molar-refractivity contribution in [2.75, 3.05) is 7.11 Å². The van der Waals surface area contributed by atoms with Crippen LogP contribution in [0.4, 0.5) is 0 Å². The summed E-state index contributed by atoms with van der Waals surface area (Å²) >= 11 is 0. The number of ether oxygens (including phenoxy) is 1. The van der Waals surface area contributed by atoms with Crippen molar-refractivity contribution < 1.29 is 4.74 Å². The maximum Gasteiger partial charge on any atom is 0.256 e. The quantitative estimate of drug-likeness (QED) is 0.320. The molecule has 0 aromatic carbocycles. The largest absolute Gasteiger partial charge is 0.481 e. The van der Waals surface area contributed by atoms with Crippen LogP contribution >= 0.6 is 0 Å². The van der Waals surface area contributed by atoms with Crippen LogP contribution in [0.2, 0.25) is 0 Å². The van der Waals surface area contributed by atoms with Crippen molar-refractivity contribution in [3.8, 4) is 5.88 Å². The molecule has 0 saturated heterocycles. The van der Waals surface area contributed by atoms with Gasteiger partial charge in [0, 0.05) is 34.6 Å². The second-order valence-corrected chi connectivity index (χ2v) is 10.8. The van der Waals surface area contributed by atoms with Crippen LogP contribution in [0.5, 0.6) is 5.88 Å². The zero-order valence-corrected chi connectivity index (χ0v) is 21.9. The molecule has 4 heterocycles. The highest BCUT2D eigenvalue weighted by molar-refractivity contribution is 5.76. The third kappa shape index (κ3) is 4.54. The Labute approximate surface area is 217 Å². The molecule has 0 unspecified atom stereocenters. The van der Waals surface area contributed by atoms with Gasteiger partial charge >= 0.3 is 0 Å². The fourth-order valence-corrected chi connectivity index (χ4v) is 6.20. The molecule has 37 heavy (non-hydrogen) atoms. The summed E-state index contributed by atoms with van der Waals surface area (Å²) in [5.74, 6) is 1.95. The first kappa shape index (κ1) is 23.8. The normalized spacial score (nSPS) is 19.8. The summed E-state index contributed by atoms with van der Waals surface area (Å²) in [6, 6.07) is 12.5.